The minimum Gasteiger partial charge on any atom is -0.393 e. The van der Waals surface area contributed by atoms with Crippen molar-refractivity contribution in [3.63, 3.8) is 0 Å². The molecule has 70 valence electrons. The van der Waals surface area contributed by atoms with Crippen LogP contribution in [0.15, 0.2) is 0 Å². The van der Waals surface area contributed by atoms with Gasteiger partial charge in [-0.2, -0.15) is 0 Å². The van der Waals surface area contributed by atoms with Crippen molar-refractivity contribution in [3.05, 3.63) is 0 Å². The van der Waals surface area contributed by atoms with Gasteiger partial charge in [-0.05, 0) is 0 Å². The normalized spacial score (nSPS) is 10.6. The fraction of sp³-hybridized carbons (Fsp3) is 0.500. The van der Waals surface area contributed by atoms with Gasteiger partial charge < -0.3 is 20.1 Å². The molecule has 0 saturated heterocycles. The number of hydrogen-bond acceptors (Lipinski definition) is 6. The molecule has 0 bridgehead atoms. The van der Waals surface area contributed by atoms with Crippen LogP contribution in [0.2, 0.25) is 0 Å². The first-order chi connectivity index (χ1) is 5.62. The first-order valence-electron chi connectivity index (χ1n) is 2.95. The van der Waals surface area contributed by atoms with Gasteiger partial charge in [0.2, 0.25) is 5.78 Å². The molecule has 0 aromatic heterocycles. The molecule has 3 N–H and O–H groups in total. The Morgan fingerprint density at radius 3 is 1.83 bits per heavy atom. The number of aliphatic hydroxyl groups is 3. The maximum absolute atomic E-state index is 9.56. The SMILES string of the molecule is O=CC(=O)CO.O=CC(O)CO. The van der Waals surface area contributed by atoms with Crippen molar-refractivity contribution in [2.75, 3.05) is 13.2 Å². The predicted molar refractivity (Wildman–Crippen MR) is 37.3 cm³/mol. The molecule has 0 fully saturated rings. The summed E-state index contributed by atoms with van der Waals surface area (Å²) in [5, 5.41) is 23.7. The lowest BCUT2D eigenvalue weighted by molar-refractivity contribution is -0.131. The number of rotatable bonds is 4. The highest BCUT2D eigenvalue weighted by atomic mass is 16.3. The van der Waals surface area contributed by atoms with E-state index in [1.807, 2.05) is 0 Å². The minimum absolute atomic E-state index is 0.0833. The van der Waals surface area contributed by atoms with Gasteiger partial charge in [0.15, 0.2) is 12.6 Å². The third-order valence-corrected chi connectivity index (χ3v) is 0.631. The smallest absolute Gasteiger partial charge is 0.220 e. The van der Waals surface area contributed by atoms with E-state index in [2.05, 4.69) is 0 Å². The minimum atomic E-state index is -1.19. The number of Topliss-reactive ketones (excluding diaryl/α,β-unsaturated/α-hetero) is 1. The Balaban J connectivity index is 0. The van der Waals surface area contributed by atoms with Gasteiger partial charge in [-0.3, -0.25) is 9.59 Å². The van der Waals surface area contributed by atoms with Crippen molar-refractivity contribution in [1.29, 1.82) is 0 Å². The van der Waals surface area contributed by atoms with Gasteiger partial charge in [0.05, 0.1) is 6.61 Å². The summed E-state index contributed by atoms with van der Waals surface area (Å²) in [6.07, 6.45) is -0.829. The van der Waals surface area contributed by atoms with Crippen LogP contribution in [0.5, 0.6) is 0 Å². The molecule has 0 rings (SSSR count). The van der Waals surface area contributed by atoms with E-state index < -0.39 is 25.1 Å². The van der Waals surface area contributed by atoms with Gasteiger partial charge in [0.1, 0.15) is 12.7 Å². The Kier molecular flexibility index (Phi) is 11.1. The molecule has 12 heavy (non-hydrogen) atoms. The molecular formula is C6H10O6. The van der Waals surface area contributed by atoms with E-state index in [9.17, 15) is 14.4 Å². The van der Waals surface area contributed by atoms with Crippen LogP contribution >= 0.6 is 0 Å². The van der Waals surface area contributed by atoms with Crippen LogP contribution in [0, 0.1) is 0 Å². The number of aldehydes is 2. The highest BCUT2D eigenvalue weighted by molar-refractivity contribution is 6.25. The Morgan fingerprint density at radius 1 is 1.33 bits per heavy atom. The van der Waals surface area contributed by atoms with Crippen molar-refractivity contribution in [3.8, 4) is 0 Å². The fourth-order valence-electron chi connectivity index (χ4n) is 0.0803. The van der Waals surface area contributed by atoms with Gasteiger partial charge in [-0.15, -0.1) is 0 Å². The summed E-state index contributed by atoms with van der Waals surface area (Å²) in [5.41, 5.74) is 0. The standard InChI is InChI=1S/C3H6O3.C3H4O3/c2*4-1-3(6)2-5/h1,3,5-6H,2H2;1,5H,2H2. The van der Waals surface area contributed by atoms with Crippen LogP contribution < -0.4 is 0 Å². The molecule has 0 aliphatic rings. The second kappa shape index (κ2) is 9.89. The highest BCUT2D eigenvalue weighted by Gasteiger charge is 1.92. The van der Waals surface area contributed by atoms with Gasteiger partial charge >= 0.3 is 0 Å². The molecular weight excluding hydrogens is 168 g/mol. The maximum Gasteiger partial charge on any atom is 0.220 e. The van der Waals surface area contributed by atoms with Crippen LogP contribution in [0.25, 0.3) is 0 Å². The fourth-order valence-corrected chi connectivity index (χ4v) is 0.0803. The van der Waals surface area contributed by atoms with Crippen molar-refractivity contribution in [2.45, 2.75) is 6.10 Å². The van der Waals surface area contributed by atoms with E-state index in [1.54, 1.807) is 0 Å². The second-order valence-corrected chi connectivity index (χ2v) is 1.63. The molecule has 0 heterocycles. The van der Waals surface area contributed by atoms with Gasteiger partial charge in [-0.1, -0.05) is 0 Å². The van der Waals surface area contributed by atoms with Crippen LogP contribution in [-0.4, -0.2) is 53.0 Å². The summed E-state index contributed by atoms with van der Waals surface area (Å²) in [5.74, 6) is -0.782. The Hall–Kier alpha value is -1.11. The van der Waals surface area contributed by atoms with Gasteiger partial charge in [0, 0.05) is 0 Å². The number of carbonyl (C=O) groups is 3. The molecule has 0 amide bonds. The van der Waals surface area contributed by atoms with Crippen LogP contribution in [0.3, 0.4) is 0 Å². The number of hydrogen-bond donors (Lipinski definition) is 3. The maximum atomic E-state index is 9.56. The summed E-state index contributed by atoms with van der Waals surface area (Å²) in [6, 6.07) is 0. The molecule has 0 saturated carbocycles. The Bertz CT molecular complexity index is 143. The molecule has 6 nitrogen and oxygen atoms in total. The molecule has 1 unspecified atom stereocenters. The summed E-state index contributed by atoms with van der Waals surface area (Å²) in [7, 11) is 0. The van der Waals surface area contributed by atoms with Crippen LogP contribution in [0.1, 0.15) is 0 Å². The first-order valence-corrected chi connectivity index (χ1v) is 2.95. The highest BCUT2D eigenvalue weighted by Crippen LogP contribution is 1.66. The third-order valence-electron chi connectivity index (χ3n) is 0.631. The zero-order valence-electron chi connectivity index (χ0n) is 6.21. The number of carbonyl (C=O) groups excluding carboxylic acids is 3. The van der Waals surface area contributed by atoms with E-state index in [1.165, 1.54) is 0 Å². The van der Waals surface area contributed by atoms with E-state index >= 15 is 0 Å². The average Bonchev–Trinajstić information content (AvgIpc) is 2.16. The predicted octanol–water partition coefficient (Wildman–Crippen LogP) is -2.71. The lowest BCUT2D eigenvalue weighted by Gasteiger charge is -1.89. The zero-order valence-corrected chi connectivity index (χ0v) is 6.21. The van der Waals surface area contributed by atoms with Gasteiger partial charge in [-0.25, -0.2) is 0 Å². The largest absolute Gasteiger partial charge is 0.393 e. The van der Waals surface area contributed by atoms with E-state index in [0.717, 1.165) is 0 Å². The monoisotopic (exact) mass is 178 g/mol. The second-order valence-electron chi connectivity index (χ2n) is 1.63. The van der Waals surface area contributed by atoms with Crippen molar-refractivity contribution in [2.24, 2.45) is 0 Å². The number of aliphatic hydroxyl groups excluding tert-OH is 3. The molecule has 0 aromatic carbocycles. The lowest BCUT2D eigenvalue weighted by atomic mass is 10.4. The molecule has 0 spiro atoms. The summed E-state index contributed by atoms with van der Waals surface area (Å²) in [6.45, 7) is -1.16. The summed E-state index contributed by atoms with van der Waals surface area (Å²) in [4.78, 5) is 28.1. The van der Waals surface area contributed by atoms with Gasteiger partial charge in [0.25, 0.3) is 0 Å². The van der Waals surface area contributed by atoms with Crippen molar-refractivity contribution in [1.82, 2.24) is 0 Å². The van der Waals surface area contributed by atoms with Crippen LogP contribution in [-0.2, 0) is 14.4 Å². The van der Waals surface area contributed by atoms with E-state index in [-0.39, 0.29) is 12.6 Å². The number of ketones is 1. The van der Waals surface area contributed by atoms with Crippen molar-refractivity contribution >= 4 is 18.4 Å². The lowest BCUT2D eigenvalue weighted by Crippen LogP contribution is -2.12. The van der Waals surface area contributed by atoms with Crippen LogP contribution in [0.4, 0.5) is 0 Å². The molecule has 0 aliphatic heterocycles. The van der Waals surface area contributed by atoms with E-state index in [0.29, 0.717) is 0 Å². The molecule has 1 atom stereocenters. The average molecular weight is 178 g/mol. The quantitative estimate of drug-likeness (QED) is 0.318. The zero-order chi connectivity index (χ0) is 9.98. The summed E-state index contributed by atoms with van der Waals surface area (Å²) >= 11 is 0. The molecule has 0 aromatic rings. The van der Waals surface area contributed by atoms with Crippen molar-refractivity contribution < 1.29 is 29.7 Å². The Labute approximate surface area is 68.4 Å². The topological polar surface area (TPSA) is 112 Å². The van der Waals surface area contributed by atoms with E-state index in [4.69, 9.17) is 15.3 Å². The first kappa shape index (κ1) is 13.5. The molecule has 0 aliphatic carbocycles. The Morgan fingerprint density at radius 2 is 1.83 bits per heavy atom. The summed E-state index contributed by atoms with van der Waals surface area (Å²) < 4.78 is 0. The third kappa shape index (κ3) is 11.7. The molecule has 6 heteroatoms. The molecule has 0 radical (unpaired) electrons.